The van der Waals surface area contributed by atoms with E-state index in [2.05, 4.69) is 4.74 Å². The highest BCUT2D eigenvalue weighted by Gasteiger charge is 2.81. The second-order valence-corrected chi connectivity index (χ2v) is 10.4. The summed E-state index contributed by atoms with van der Waals surface area (Å²) < 4.78 is 165. The predicted molar refractivity (Wildman–Crippen MR) is 121 cm³/mol. The molecule has 0 spiro atoms. The molecule has 1 N–H and O–H groups in total. The molecule has 0 amide bonds. The summed E-state index contributed by atoms with van der Waals surface area (Å²) in [6.07, 6.45) is -9.89. The maximum Gasteiger partial charge on any atom is 0.460 e. The first kappa shape index (κ1) is 33.3. The molecule has 1 unspecified atom stereocenters. The lowest BCUT2D eigenvalue weighted by molar-refractivity contribution is -0.396. The average molecular weight is 611 g/mol. The van der Waals surface area contributed by atoms with E-state index >= 15 is 0 Å². The maximum atomic E-state index is 14.2. The van der Waals surface area contributed by atoms with Gasteiger partial charge in [-0.1, -0.05) is 24.3 Å². The van der Waals surface area contributed by atoms with Crippen LogP contribution in [0.15, 0.2) is 53.4 Å². The summed E-state index contributed by atoms with van der Waals surface area (Å²) in [5, 5.41) is 0. The predicted octanol–water partition coefficient (Wildman–Crippen LogP) is 6.59. The van der Waals surface area contributed by atoms with E-state index in [4.69, 9.17) is 0 Å². The highest BCUT2D eigenvalue weighted by molar-refractivity contribution is 7.89. The van der Waals surface area contributed by atoms with E-state index in [0.717, 1.165) is 24.3 Å². The lowest BCUT2D eigenvalue weighted by atomic mass is 9.94. The molecule has 0 aliphatic carbocycles. The molecule has 0 fully saturated rings. The van der Waals surface area contributed by atoms with Crippen LogP contribution >= 0.6 is 0 Å². The highest BCUT2D eigenvalue weighted by atomic mass is 32.2. The lowest BCUT2D eigenvalue weighted by Gasteiger charge is -2.34. The van der Waals surface area contributed by atoms with Crippen molar-refractivity contribution in [2.45, 2.75) is 67.0 Å². The first-order valence-electron chi connectivity index (χ1n) is 11.4. The Kier molecular flexibility index (Phi) is 10.3. The molecule has 2 aromatic carbocycles. The Balaban J connectivity index is 2.36. The summed E-state index contributed by atoms with van der Waals surface area (Å²) in [6.45, 7) is 0. The molecule has 16 heteroatoms. The van der Waals surface area contributed by atoms with Crippen molar-refractivity contribution in [3.63, 3.8) is 0 Å². The molecule has 0 aromatic heterocycles. The van der Waals surface area contributed by atoms with Crippen molar-refractivity contribution < 1.29 is 61.9 Å². The Bertz CT molecular complexity index is 1250. The van der Waals surface area contributed by atoms with E-state index < -0.39 is 69.5 Å². The first-order chi connectivity index (χ1) is 18.2. The van der Waals surface area contributed by atoms with Gasteiger partial charge in [0, 0.05) is 18.9 Å². The van der Waals surface area contributed by atoms with Crippen molar-refractivity contribution in [2.24, 2.45) is 0 Å². The molecule has 40 heavy (non-hydrogen) atoms. The Morgan fingerprint density at radius 2 is 1.43 bits per heavy atom. The number of benzene rings is 2. The number of carbonyl (C=O) groups excluding carboxylic acids is 1. The zero-order valence-electron chi connectivity index (χ0n) is 20.6. The zero-order chi connectivity index (χ0) is 30.6. The standard InChI is InChI=1S/C24H23F10NO4S/c1-39-20(36)4-2-3-15-5-7-16(8-6-15)19(35-40(37,38)18-11-9-17(25)10-12-18)13-14-21(26,27)22(28,29)23(30,31)24(32,33)34/h5-12,19,35H,2-4,13-14H2,1H3. The zero-order valence-corrected chi connectivity index (χ0v) is 21.4. The van der Waals surface area contributed by atoms with Crippen LogP contribution in [0.2, 0.25) is 0 Å². The topological polar surface area (TPSA) is 72.5 Å². The van der Waals surface area contributed by atoms with Crippen LogP contribution in [0.3, 0.4) is 0 Å². The van der Waals surface area contributed by atoms with Gasteiger partial charge in [0.15, 0.2) is 0 Å². The number of hydrogen-bond donors (Lipinski definition) is 1. The van der Waals surface area contributed by atoms with Gasteiger partial charge in [-0.2, -0.15) is 39.5 Å². The van der Waals surface area contributed by atoms with Crippen LogP contribution in [0.4, 0.5) is 43.9 Å². The van der Waals surface area contributed by atoms with E-state index in [0.29, 0.717) is 18.4 Å². The molecule has 1 atom stereocenters. The van der Waals surface area contributed by atoms with Crippen molar-refractivity contribution >= 4 is 16.0 Å². The van der Waals surface area contributed by atoms with Gasteiger partial charge in [0.1, 0.15) is 5.82 Å². The van der Waals surface area contributed by atoms with Gasteiger partial charge in [-0.15, -0.1) is 0 Å². The molecular weight excluding hydrogens is 588 g/mol. The van der Waals surface area contributed by atoms with Gasteiger partial charge < -0.3 is 4.74 Å². The Morgan fingerprint density at radius 3 is 1.93 bits per heavy atom. The van der Waals surface area contributed by atoms with Gasteiger partial charge in [0.25, 0.3) is 0 Å². The van der Waals surface area contributed by atoms with Crippen molar-refractivity contribution in [2.75, 3.05) is 7.11 Å². The fourth-order valence-corrected chi connectivity index (χ4v) is 4.77. The van der Waals surface area contributed by atoms with Gasteiger partial charge >= 0.3 is 29.9 Å². The number of ether oxygens (including phenoxy) is 1. The number of hydrogen-bond acceptors (Lipinski definition) is 4. The van der Waals surface area contributed by atoms with E-state index in [1.54, 1.807) is 0 Å². The third kappa shape index (κ3) is 7.65. The largest absolute Gasteiger partial charge is 0.469 e. The van der Waals surface area contributed by atoms with Gasteiger partial charge in [0.05, 0.1) is 12.0 Å². The summed E-state index contributed by atoms with van der Waals surface area (Å²) in [7, 11) is -3.46. The third-order valence-electron chi connectivity index (χ3n) is 5.83. The van der Waals surface area contributed by atoms with Crippen LogP contribution in [0.25, 0.3) is 0 Å². The van der Waals surface area contributed by atoms with Gasteiger partial charge in [0.2, 0.25) is 10.0 Å². The van der Waals surface area contributed by atoms with Gasteiger partial charge in [-0.25, -0.2) is 17.5 Å². The molecular formula is C24H23F10NO4S. The monoisotopic (exact) mass is 611 g/mol. The first-order valence-corrected chi connectivity index (χ1v) is 12.9. The van der Waals surface area contributed by atoms with E-state index in [1.165, 1.54) is 31.4 Å². The molecule has 0 saturated heterocycles. The van der Waals surface area contributed by atoms with Crippen LogP contribution < -0.4 is 4.72 Å². The van der Waals surface area contributed by atoms with Crippen LogP contribution in [-0.2, 0) is 26.0 Å². The fraction of sp³-hybridized carbons (Fsp3) is 0.458. The lowest BCUT2D eigenvalue weighted by Crippen LogP contribution is -2.60. The second-order valence-electron chi connectivity index (χ2n) is 8.69. The van der Waals surface area contributed by atoms with Crippen molar-refractivity contribution in [1.29, 1.82) is 0 Å². The van der Waals surface area contributed by atoms with E-state index in [-0.39, 0.29) is 12.0 Å². The SMILES string of the molecule is COC(=O)CCCc1ccc(C(CCC(F)(F)C(F)(F)C(F)(F)C(F)(F)F)NS(=O)(=O)c2ccc(F)cc2)cc1. The fourth-order valence-electron chi connectivity index (χ4n) is 3.51. The average Bonchev–Trinajstić information content (AvgIpc) is 2.86. The summed E-state index contributed by atoms with van der Waals surface area (Å²) in [5.41, 5.74) is 0.457. The number of rotatable bonds is 13. The molecule has 0 radical (unpaired) electrons. The minimum absolute atomic E-state index is 0.0597. The van der Waals surface area contributed by atoms with E-state index in [9.17, 15) is 57.1 Å². The molecule has 0 saturated carbocycles. The second kappa shape index (κ2) is 12.3. The Morgan fingerprint density at radius 1 is 0.875 bits per heavy atom. The quantitative estimate of drug-likeness (QED) is 0.205. The van der Waals surface area contributed by atoms with E-state index in [1.807, 2.05) is 4.72 Å². The number of aryl methyl sites for hydroxylation is 1. The number of nitrogens with one attached hydrogen (secondary N) is 1. The normalized spacial score (nSPS) is 14.2. The molecule has 0 aliphatic heterocycles. The summed E-state index contributed by atoms with van der Waals surface area (Å²) in [5.74, 6) is -21.2. The Hall–Kier alpha value is -2.88. The molecule has 224 valence electrons. The number of methoxy groups -OCH3 is 1. The third-order valence-corrected chi connectivity index (χ3v) is 7.32. The number of esters is 1. The number of carbonyl (C=O) groups is 1. The smallest absolute Gasteiger partial charge is 0.460 e. The van der Waals surface area contributed by atoms with Crippen LogP contribution in [-0.4, -0.2) is 45.4 Å². The van der Waals surface area contributed by atoms with Crippen LogP contribution in [0.1, 0.15) is 42.9 Å². The summed E-state index contributed by atoms with van der Waals surface area (Å²) >= 11 is 0. The number of alkyl halides is 9. The minimum Gasteiger partial charge on any atom is -0.469 e. The summed E-state index contributed by atoms with van der Waals surface area (Å²) in [6, 6.07) is 6.46. The molecule has 2 aromatic rings. The molecule has 0 bridgehead atoms. The van der Waals surface area contributed by atoms with Crippen LogP contribution in [0.5, 0.6) is 0 Å². The summed E-state index contributed by atoms with van der Waals surface area (Å²) in [4.78, 5) is 10.7. The number of halogens is 10. The molecule has 2 rings (SSSR count). The van der Waals surface area contributed by atoms with Crippen molar-refractivity contribution in [3.05, 3.63) is 65.5 Å². The van der Waals surface area contributed by atoms with Gasteiger partial charge in [-0.05, 0) is 54.7 Å². The van der Waals surface area contributed by atoms with Crippen molar-refractivity contribution in [1.82, 2.24) is 4.72 Å². The highest BCUT2D eigenvalue weighted by Crippen LogP contribution is 2.54. The maximum absolute atomic E-state index is 14.2. The molecule has 5 nitrogen and oxygen atoms in total. The van der Waals surface area contributed by atoms with Gasteiger partial charge in [-0.3, -0.25) is 4.79 Å². The Labute approximate surface area is 222 Å². The molecule has 0 heterocycles. The molecule has 0 aliphatic rings. The number of sulfonamides is 1. The minimum atomic E-state index is -7.08. The van der Waals surface area contributed by atoms with Crippen LogP contribution in [0, 0.1) is 5.82 Å². The van der Waals surface area contributed by atoms with Crippen molar-refractivity contribution in [3.8, 4) is 0 Å².